The summed E-state index contributed by atoms with van der Waals surface area (Å²) in [6, 6.07) is 17.8. The molecule has 0 unspecified atom stereocenters. The van der Waals surface area contributed by atoms with E-state index in [-0.39, 0.29) is 12.3 Å². The number of benzene rings is 2. The molecule has 0 aliphatic carbocycles. The zero-order valence-electron chi connectivity index (χ0n) is 11.8. The largest absolute Gasteiger partial charge is 0.389 e. The molecular weight excluding hydrogens is 264 g/mol. The van der Waals surface area contributed by atoms with Crippen molar-refractivity contribution in [2.45, 2.75) is 12.6 Å². The molecule has 0 bridgehead atoms. The third kappa shape index (κ3) is 4.23. The second-order valence-electron chi connectivity index (χ2n) is 4.86. The fourth-order valence-corrected chi connectivity index (χ4v) is 2.13. The summed E-state index contributed by atoms with van der Waals surface area (Å²) in [5, 5.41) is 11.9. The van der Waals surface area contributed by atoms with Crippen LogP contribution in [0.4, 0.5) is 0 Å². The number of aliphatic hydroxyl groups excluding tert-OH is 1. The summed E-state index contributed by atoms with van der Waals surface area (Å²) in [6.45, 7) is 0.242. The smallest absolute Gasteiger partial charge is 0.176 e. The van der Waals surface area contributed by atoms with E-state index in [9.17, 15) is 4.79 Å². The van der Waals surface area contributed by atoms with Gasteiger partial charge in [0, 0.05) is 13.1 Å². The topological polar surface area (TPSA) is 75.3 Å². The first-order valence-electron chi connectivity index (χ1n) is 6.96. The third-order valence-corrected chi connectivity index (χ3v) is 3.39. The summed E-state index contributed by atoms with van der Waals surface area (Å²) in [5.41, 5.74) is 8.91. The van der Waals surface area contributed by atoms with Gasteiger partial charge in [-0.1, -0.05) is 54.6 Å². The molecule has 1 atom stereocenters. The number of aliphatic hydroxyl groups is 1. The predicted molar refractivity (Wildman–Crippen MR) is 83.7 cm³/mol. The summed E-state index contributed by atoms with van der Waals surface area (Å²) in [4.78, 5) is 11.4. The van der Waals surface area contributed by atoms with Crippen molar-refractivity contribution in [3.63, 3.8) is 0 Å². The maximum atomic E-state index is 11.4. The molecule has 110 valence electrons. The number of carbonyl (C=O) groups excluding carboxylic acids is 1. The van der Waals surface area contributed by atoms with Crippen LogP contribution >= 0.6 is 0 Å². The van der Waals surface area contributed by atoms with Crippen LogP contribution in [0.15, 0.2) is 54.6 Å². The van der Waals surface area contributed by atoms with Gasteiger partial charge in [-0.15, -0.1) is 0 Å². The van der Waals surface area contributed by atoms with E-state index in [1.807, 2.05) is 30.3 Å². The lowest BCUT2D eigenvalue weighted by atomic mass is 10.0. The number of rotatable bonds is 7. The Morgan fingerprint density at radius 1 is 1.05 bits per heavy atom. The monoisotopic (exact) mass is 284 g/mol. The molecule has 0 radical (unpaired) electrons. The van der Waals surface area contributed by atoms with Crippen molar-refractivity contribution in [3.05, 3.63) is 60.2 Å². The van der Waals surface area contributed by atoms with Crippen LogP contribution < -0.4 is 11.1 Å². The number of hydrogen-bond donors (Lipinski definition) is 3. The molecule has 0 spiro atoms. The van der Waals surface area contributed by atoms with E-state index >= 15 is 0 Å². The van der Waals surface area contributed by atoms with Crippen molar-refractivity contribution in [1.82, 2.24) is 5.32 Å². The average molecular weight is 284 g/mol. The Morgan fingerprint density at radius 3 is 2.24 bits per heavy atom. The third-order valence-electron chi connectivity index (χ3n) is 3.39. The molecule has 21 heavy (non-hydrogen) atoms. The van der Waals surface area contributed by atoms with Crippen LogP contribution in [-0.2, 0) is 11.3 Å². The molecular formula is C17H20N2O2. The van der Waals surface area contributed by atoms with Gasteiger partial charge in [0.05, 0.1) is 6.04 Å². The van der Waals surface area contributed by atoms with E-state index in [4.69, 9.17) is 10.8 Å². The van der Waals surface area contributed by atoms with Crippen LogP contribution in [0.2, 0.25) is 0 Å². The van der Waals surface area contributed by atoms with E-state index in [1.165, 1.54) is 5.56 Å². The number of hydrogen-bond acceptors (Lipinski definition) is 4. The highest BCUT2D eigenvalue weighted by Crippen LogP contribution is 2.19. The Labute approximate surface area is 124 Å². The van der Waals surface area contributed by atoms with Gasteiger partial charge in [0.1, 0.15) is 6.61 Å². The number of nitrogens with one attached hydrogen (secondary N) is 1. The first-order chi connectivity index (χ1) is 10.2. The Morgan fingerprint density at radius 2 is 1.67 bits per heavy atom. The van der Waals surface area contributed by atoms with Crippen molar-refractivity contribution < 1.29 is 9.90 Å². The maximum Gasteiger partial charge on any atom is 0.176 e. The van der Waals surface area contributed by atoms with E-state index in [1.54, 1.807) is 0 Å². The molecule has 0 saturated carbocycles. The minimum Gasteiger partial charge on any atom is -0.389 e. The van der Waals surface area contributed by atoms with Gasteiger partial charge in [0.25, 0.3) is 0 Å². The standard InChI is InChI=1S/C17H20N2O2/c18-10-16(17(21)12-20)19-11-13-6-8-15(9-7-13)14-4-2-1-3-5-14/h1-9,16,19-20H,10-12,18H2/t16-/m0/s1. The van der Waals surface area contributed by atoms with Gasteiger partial charge in [-0.05, 0) is 16.7 Å². The number of nitrogens with two attached hydrogens (primary N) is 1. The van der Waals surface area contributed by atoms with Crippen LogP contribution in [0.3, 0.4) is 0 Å². The molecule has 0 saturated heterocycles. The molecule has 0 fully saturated rings. The SMILES string of the molecule is NC[C@H](NCc1ccc(-c2ccccc2)cc1)C(=O)CO. The second kappa shape index (κ2) is 7.69. The fourth-order valence-electron chi connectivity index (χ4n) is 2.13. The molecule has 0 aromatic heterocycles. The fraction of sp³-hybridized carbons (Fsp3) is 0.235. The quantitative estimate of drug-likeness (QED) is 0.717. The molecule has 0 amide bonds. The predicted octanol–water partition coefficient (Wildman–Crippen LogP) is 1.33. The van der Waals surface area contributed by atoms with Gasteiger partial charge < -0.3 is 16.2 Å². The van der Waals surface area contributed by atoms with Crippen LogP contribution in [0.5, 0.6) is 0 Å². The first kappa shape index (κ1) is 15.4. The summed E-state index contributed by atoms with van der Waals surface area (Å²) in [5.74, 6) is -0.279. The molecule has 4 N–H and O–H groups in total. The zero-order valence-corrected chi connectivity index (χ0v) is 11.8. The van der Waals surface area contributed by atoms with Gasteiger partial charge in [0.2, 0.25) is 0 Å². The molecule has 2 aromatic rings. The van der Waals surface area contributed by atoms with E-state index < -0.39 is 12.6 Å². The van der Waals surface area contributed by atoms with Crippen LogP contribution in [0.25, 0.3) is 11.1 Å². The maximum absolute atomic E-state index is 11.4. The highest BCUT2D eigenvalue weighted by Gasteiger charge is 2.14. The van der Waals surface area contributed by atoms with Gasteiger partial charge >= 0.3 is 0 Å². The minimum absolute atomic E-state index is 0.182. The number of carbonyl (C=O) groups is 1. The average Bonchev–Trinajstić information content (AvgIpc) is 2.56. The molecule has 4 nitrogen and oxygen atoms in total. The highest BCUT2D eigenvalue weighted by atomic mass is 16.3. The normalized spacial score (nSPS) is 12.1. The van der Waals surface area contributed by atoms with Crippen molar-refractivity contribution in [3.8, 4) is 11.1 Å². The van der Waals surface area contributed by atoms with E-state index in [0.717, 1.165) is 11.1 Å². The molecule has 0 heterocycles. The van der Waals surface area contributed by atoms with Gasteiger partial charge in [-0.2, -0.15) is 0 Å². The van der Waals surface area contributed by atoms with Crippen LogP contribution in [0.1, 0.15) is 5.56 Å². The lowest BCUT2D eigenvalue weighted by molar-refractivity contribution is -0.123. The zero-order chi connectivity index (χ0) is 15.1. The lowest BCUT2D eigenvalue weighted by Crippen LogP contribution is -2.43. The number of Topliss-reactive ketones (excluding diaryl/α,β-unsaturated/α-hetero) is 1. The Bertz CT molecular complexity index is 567. The van der Waals surface area contributed by atoms with Crippen molar-refractivity contribution >= 4 is 5.78 Å². The number of ketones is 1. The summed E-state index contributed by atoms with van der Waals surface area (Å²) in [7, 11) is 0. The molecule has 0 aliphatic rings. The highest BCUT2D eigenvalue weighted by molar-refractivity contribution is 5.85. The minimum atomic E-state index is -0.496. The Balaban J connectivity index is 1.98. The second-order valence-corrected chi connectivity index (χ2v) is 4.86. The van der Waals surface area contributed by atoms with E-state index in [2.05, 4.69) is 29.6 Å². The van der Waals surface area contributed by atoms with Crippen molar-refractivity contribution in [2.75, 3.05) is 13.2 Å². The van der Waals surface area contributed by atoms with E-state index in [0.29, 0.717) is 6.54 Å². The first-order valence-corrected chi connectivity index (χ1v) is 6.96. The van der Waals surface area contributed by atoms with Gasteiger partial charge in [-0.3, -0.25) is 4.79 Å². The Hall–Kier alpha value is -2.01. The Kier molecular flexibility index (Phi) is 5.63. The summed E-state index contributed by atoms with van der Waals surface area (Å²) >= 11 is 0. The van der Waals surface area contributed by atoms with Crippen molar-refractivity contribution in [2.24, 2.45) is 5.73 Å². The van der Waals surface area contributed by atoms with Crippen molar-refractivity contribution in [1.29, 1.82) is 0 Å². The summed E-state index contributed by atoms with van der Waals surface area (Å²) < 4.78 is 0. The molecule has 0 aliphatic heterocycles. The molecule has 4 heteroatoms. The van der Waals surface area contributed by atoms with Gasteiger partial charge in [0.15, 0.2) is 5.78 Å². The van der Waals surface area contributed by atoms with Gasteiger partial charge in [-0.25, -0.2) is 0 Å². The molecule has 2 aromatic carbocycles. The summed E-state index contributed by atoms with van der Waals surface area (Å²) in [6.07, 6.45) is 0. The lowest BCUT2D eigenvalue weighted by Gasteiger charge is -2.14. The van der Waals surface area contributed by atoms with Crippen LogP contribution in [0, 0.1) is 0 Å². The van der Waals surface area contributed by atoms with Crippen LogP contribution in [-0.4, -0.2) is 30.1 Å². The molecule has 2 rings (SSSR count).